The number of unbranched alkanes of at least 4 members (excludes halogenated alkanes) is 2. The van der Waals surface area contributed by atoms with Gasteiger partial charge in [-0.1, -0.05) is 55.7 Å². The molecule has 0 spiro atoms. The van der Waals surface area contributed by atoms with E-state index >= 15 is 0 Å². The average molecular weight is 487 g/mol. The summed E-state index contributed by atoms with van der Waals surface area (Å²) in [5.41, 5.74) is 5.71. The molecule has 0 atom stereocenters. The Labute approximate surface area is 210 Å². The minimum absolute atomic E-state index is 0.0165. The molecule has 35 heavy (non-hydrogen) atoms. The molecule has 194 valence electrons. The number of aromatic hydroxyl groups is 1. The maximum absolute atomic E-state index is 11.1. The van der Waals surface area contributed by atoms with Crippen molar-refractivity contribution in [3.05, 3.63) is 53.6 Å². The Hall–Kier alpha value is -2.38. The van der Waals surface area contributed by atoms with Crippen molar-refractivity contribution in [2.24, 2.45) is 0 Å². The maximum atomic E-state index is 11.1. The third-order valence-electron chi connectivity index (χ3n) is 5.58. The first kappa shape index (κ1) is 28.9. The molecule has 2 rings (SSSR count). The van der Waals surface area contributed by atoms with Gasteiger partial charge in [-0.2, -0.15) is 0 Å². The number of hydrogen-bond donors (Lipinski definition) is 2. The van der Waals surface area contributed by atoms with Gasteiger partial charge in [0.15, 0.2) is 0 Å². The van der Waals surface area contributed by atoms with Gasteiger partial charge in [-0.25, -0.2) is 0 Å². The van der Waals surface area contributed by atoms with Crippen molar-refractivity contribution in [1.82, 2.24) is 0 Å². The number of rotatable bonds is 18. The van der Waals surface area contributed by atoms with Crippen LogP contribution < -0.4 is 4.74 Å². The van der Waals surface area contributed by atoms with Gasteiger partial charge >= 0.3 is 0 Å². The molecule has 0 aromatic heterocycles. The number of aliphatic hydroxyl groups excluding tert-OH is 1. The van der Waals surface area contributed by atoms with Crippen LogP contribution in [0.1, 0.15) is 49.8 Å². The van der Waals surface area contributed by atoms with E-state index in [0.29, 0.717) is 57.6 Å². The number of hydrogen-bond acceptors (Lipinski definition) is 6. The van der Waals surface area contributed by atoms with Gasteiger partial charge in [0.05, 0.1) is 51.8 Å². The van der Waals surface area contributed by atoms with Gasteiger partial charge in [-0.15, -0.1) is 0 Å². The second kappa shape index (κ2) is 16.3. The molecule has 6 nitrogen and oxygen atoms in total. The highest BCUT2D eigenvalue weighted by atomic mass is 16.6. The molecule has 0 saturated heterocycles. The minimum atomic E-state index is 0.0165. The average Bonchev–Trinajstić information content (AvgIpc) is 2.82. The number of ether oxygens (including phenoxy) is 4. The van der Waals surface area contributed by atoms with Crippen LogP contribution in [0, 0.1) is 6.92 Å². The lowest BCUT2D eigenvalue weighted by Gasteiger charge is -2.18. The minimum Gasteiger partial charge on any atom is -0.507 e. The first-order chi connectivity index (χ1) is 17.0. The van der Waals surface area contributed by atoms with Crippen LogP contribution in [-0.2, 0) is 20.6 Å². The Kier molecular flexibility index (Phi) is 13.5. The monoisotopic (exact) mass is 486 g/mol. The molecular formula is C29H42O6. The maximum Gasteiger partial charge on any atom is 0.131 e. The Balaban J connectivity index is 2.06. The van der Waals surface area contributed by atoms with Crippen LogP contribution in [-0.4, -0.2) is 63.1 Å². The van der Waals surface area contributed by atoms with Gasteiger partial charge in [0, 0.05) is 0 Å². The van der Waals surface area contributed by atoms with Crippen molar-refractivity contribution in [3.8, 4) is 22.6 Å². The molecule has 0 radical (unpaired) electrons. The highest BCUT2D eigenvalue weighted by molar-refractivity contribution is 5.86. The third kappa shape index (κ3) is 10.0. The lowest BCUT2D eigenvalue weighted by molar-refractivity contribution is 0.00362. The van der Waals surface area contributed by atoms with Crippen LogP contribution >= 0.6 is 0 Å². The summed E-state index contributed by atoms with van der Waals surface area (Å²) in [6.07, 6.45) is 4.27. The fraction of sp³-hybridized carbons (Fsp3) is 0.517. The normalized spacial score (nSPS) is 11.1. The quantitative estimate of drug-likeness (QED) is 0.269. The highest BCUT2D eigenvalue weighted by Crippen LogP contribution is 2.42. The largest absolute Gasteiger partial charge is 0.507 e. The molecule has 0 aliphatic carbocycles. The van der Waals surface area contributed by atoms with Crippen LogP contribution in [0.3, 0.4) is 0 Å². The van der Waals surface area contributed by atoms with E-state index in [2.05, 4.69) is 25.6 Å². The van der Waals surface area contributed by atoms with Gasteiger partial charge in [-0.05, 0) is 55.5 Å². The Morgan fingerprint density at radius 2 is 1.54 bits per heavy atom. The summed E-state index contributed by atoms with van der Waals surface area (Å²) in [6.45, 7) is 13.3. The van der Waals surface area contributed by atoms with E-state index in [1.165, 1.54) is 0 Å². The van der Waals surface area contributed by atoms with Gasteiger partial charge in [0.2, 0.25) is 0 Å². The zero-order valence-electron chi connectivity index (χ0n) is 21.6. The fourth-order valence-electron chi connectivity index (χ4n) is 3.82. The van der Waals surface area contributed by atoms with E-state index < -0.39 is 0 Å². The molecule has 0 unspecified atom stereocenters. The lowest BCUT2D eigenvalue weighted by atomic mass is 9.91. The third-order valence-corrected chi connectivity index (χ3v) is 5.58. The molecule has 0 heterocycles. The summed E-state index contributed by atoms with van der Waals surface area (Å²) >= 11 is 0. The van der Waals surface area contributed by atoms with Gasteiger partial charge < -0.3 is 29.2 Å². The molecule has 2 N–H and O–H groups in total. The molecule has 6 heteroatoms. The Morgan fingerprint density at radius 3 is 2.17 bits per heavy atom. The molecule has 2 aromatic rings. The summed E-state index contributed by atoms with van der Waals surface area (Å²) < 4.78 is 22.4. The van der Waals surface area contributed by atoms with Crippen LogP contribution in [0.15, 0.2) is 36.9 Å². The summed E-state index contributed by atoms with van der Waals surface area (Å²) in [5, 5.41) is 19.7. The molecule has 0 aliphatic heterocycles. The van der Waals surface area contributed by atoms with Gasteiger partial charge in [0.1, 0.15) is 18.1 Å². The summed E-state index contributed by atoms with van der Waals surface area (Å²) in [7, 11) is 0. The van der Waals surface area contributed by atoms with Gasteiger partial charge in [0.25, 0.3) is 0 Å². The standard InChI is InChI=1S/C29H42O6/c1-5-6-7-8-24-20-27(31)29(26-19-23(4)9-10-25(26)22(2)3)28(21-24)35-18-17-34-16-15-33-14-13-32-12-11-30/h9-10,19-21,30-31H,2,5-8,11-18H2,1,3-4H3. The highest BCUT2D eigenvalue weighted by Gasteiger charge is 2.18. The molecule has 0 amide bonds. The Bertz CT molecular complexity index is 908. The zero-order chi connectivity index (χ0) is 25.5. The lowest BCUT2D eigenvalue weighted by Crippen LogP contribution is -2.13. The van der Waals surface area contributed by atoms with Crippen LogP contribution in [0.5, 0.6) is 11.5 Å². The van der Waals surface area contributed by atoms with Crippen LogP contribution in [0.4, 0.5) is 0 Å². The van der Waals surface area contributed by atoms with E-state index in [0.717, 1.165) is 53.5 Å². The predicted octanol–water partition coefficient (Wildman–Crippen LogP) is 5.55. The smallest absolute Gasteiger partial charge is 0.131 e. The number of aliphatic hydroxyl groups is 1. The number of benzene rings is 2. The Morgan fingerprint density at radius 1 is 0.886 bits per heavy atom. The van der Waals surface area contributed by atoms with E-state index in [1.807, 2.05) is 32.0 Å². The van der Waals surface area contributed by atoms with E-state index in [-0.39, 0.29) is 12.4 Å². The van der Waals surface area contributed by atoms with Crippen molar-refractivity contribution in [2.75, 3.05) is 52.9 Å². The van der Waals surface area contributed by atoms with Crippen molar-refractivity contribution in [2.45, 2.75) is 46.5 Å². The van der Waals surface area contributed by atoms with Crippen LogP contribution in [0.25, 0.3) is 16.7 Å². The summed E-state index contributed by atoms with van der Waals surface area (Å²) in [5.74, 6) is 0.880. The van der Waals surface area contributed by atoms with Crippen molar-refractivity contribution in [3.63, 3.8) is 0 Å². The second-order valence-electron chi connectivity index (χ2n) is 8.68. The SMILES string of the molecule is C=C(C)c1ccc(C)cc1-c1c(O)cc(CCCCC)cc1OCCOCCOCCOCCO. The van der Waals surface area contributed by atoms with Crippen molar-refractivity contribution >= 4 is 5.57 Å². The van der Waals surface area contributed by atoms with E-state index in [1.54, 1.807) is 0 Å². The molecule has 0 bridgehead atoms. The number of phenols is 1. The number of phenolic OH excluding ortho intramolecular Hbond substituents is 1. The summed E-state index contributed by atoms with van der Waals surface area (Å²) in [6, 6.07) is 10.1. The molecule has 0 fully saturated rings. The molecular weight excluding hydrogens is 444 g/mol. The number of allylic oxidation sites excluding steroid dienone is 1. The first-order valence-electron chi connectivity index (χ1n) is 12.6. The summed E-state index contributed by atoms with van der Waals surface area (Å²) in [4.78, 5) is 0. The van der Waals surface area contributed by atoms with Crippen molar-refractivity contribution in [1.29, 1.82) is 0 Å². The number of aryl methyl sites for hydroxylation is 2. The molecule has 2 aromatic carbocycles. The molecule has 0 saturated carbocycles. The molecule has 0 aliphatic rings. The predicted molar refractivity (Wildman–Crippen MR) is 141 cm³/mol. The fourth-order valence-corrected chi connectivity index (χ4v) is 3.82. The van der Waals surface area contributed by atoms with Gasteiger partial charge in [-0.3, -0.25) is 0 Å². The first-order valence-corrected chi connectivity index (χ1v) is 12.6. The topological polar surface area (TPSA) is 77.4 Å². The second-order valence-corrected chi connectivity index (χ2v) is 8.68. The van der Waals surface area contributed by atoms with E-state index in [4.69, 9.17) is 24.1 Å². The zero-order valence-corrected chi connectivity index (χ0v) is 21.6. The van der Waals surface area contributed by atoms with Crippen LogP contribution in [0.2, 0.25) is 0 Å². The van der Waals surface area contributed by atoms with Crippen molar-refractivity contribution < 1.29 is 29.2 Å². The van der Waals surface area contributed by atoms with E-state index in [9.17, 15) is 5.11 Å².